The van der Waals surface area contributed by atoms with Gasteiger partial charge in [-0.2, -0.15) is 0 Å². The minimum absolute atomic E-state index is 0.686. The number of methoxy groups -OCH3 is 2. The molecule has 0 aliphatic rings. The largest absolute Gasteiger partial charge is 0.496 e. The average molecular weight is 248 g/mol. The summed E-state index contributed by atoms with van der Waals surface area (Å²) in [5.74, 6) is 1.75. The Morgan fingerprint density at radius 1 is 1.17 bits per heavy atom. The standard InChI is InChI=1S/C14H20N2O2/c1-10-9-11-12(17-2)5-6-13(18-3)14(11)16(10)8-4-7-15/h5-6,9H,4,7-8,15H2,1-3H3. The van der Waals surface area contributed by atoms with Gasteiger partial charge in [-0.25, -0.2) is 0 Å². The summed E-state index contributed by atoms with van der Waals surface area (Å²) in [6.45, 7) is 3.68. The Balaban J connectivity index is 2.65. The fourth-order valence-corrected chi connectivity index (χ4v) is 2.33. The third kappa shape index (κ3) is 2.04. The molecule has 0 spiro atoms. The maximum atomic E-state index is 5.60. The maximum Gasteiger partial charge on any atom is 0.143 e. The van der Waals surface area contributed by atoms with Crippen molar-refractivity contribution in [3.8, 4) is 11.5 Å². The summed E-state index contributed by atoms with van der Waals surface area (Å²) < 4.78 is 13.1. The van der Waals surface area contributed by atoms with Crippen LogP contribution < -0.4 is 15.2 Å². The summed E-state index contributed by atoms with van der Waals surface area (Å²) in [7, 11) is 3.38. The number of aryl methyl sites for hydroxylation is 2. The van der Waals surface area contributed by atoms with Crippen molar-refractivity contribution in [1.29, 1.82) is 0 Å². The summed E-state index contributed by atoms with van der Waals surface area (Å²) in [6.07, 6.45) is 0.949. The van der Waals surface area contributed by atoms with Crippen LogP contribution >= 0.6 is 0 Å². The summed E-state index contributed by atoms with van der Waals surface area (Å²) in [4.78, 5) is 0. The molecule has 0 amide bonds. The summed E-state index contributed by atoms with van der Waals surface area (Å²) in [5, 5.41) is 1.09. The normalized spacial score (nSPS) is 10.9. The van der Waals surface area contributed by atoms with E-state index in [0.717, 1.165) is 35.4 Å². The van der Waals surface area contributed by atoms with E-state index < -0.39 is 0 Å². The number of nitrogens with two attached hydrogens (primary N) is 1. The van der Waals surface area contributed by atoms with E-state index in [2.05, 4.69) is 17.6 Å². The Morgan fingerprint density at radius 2 is 1.83 bits per heavy atom. The predicted molar refractivity (Wildman–Crippen MR) is 73.5 cm³/mol. The van der Waals surface area contributed by atoms with Crippen LogP contribution in [0.15, 0.2) is 18.2 Å². The smallest absolute Gasteiger partial charge is 0.143 e. The van der Waals surface area contributed by atoms with E-state index in [-0.39, 0.29) is 0 Å². The molecule has 2 rings (SSSR count). The number of rotatable bonds is 5. The van der Waals surface area contributed by atoms with Gasteiger partial charge in [0, 0.05) is 17.6 Å². The number of benzene rings is 1. The van der Waals surface area contributed by atoms with Crippen molar-refractivity contribution in [2.75, 3.05) is 20.8 Å². The Bertz CT molecular complexity index is 546. The molecule has 1 heterocycles. The van der Waals surface area contributed by atoms with Gasteiger partial charge in [-0.3, -0.25) is 0 Å². The van der Waals surface area contributed by atoms with Crippen LogP contribution in [-0.2, 0) is 6.54 Å². The highest BCUT2D eigenvalue weighted by Gasteiger charge is 2.14. The molecule has 18 heavy (non-hydrogen) atoms. The molecular formula is C14H20N2O2. The highest BCUT2D eigenvalue weighted by atomic mass is 16.5. The SMILES string of the molecule is COc1ccc(OC)c2c1cc(C)n2CCCN. The second kappa shape index (κ2) is 5.31. The number of ether oxygens (including phenoxy) is 2. The third-order valence-corrected chi connectivity index (χ3v) is 3.21. The van der Waals surface area contributed by atoms with Crippen molar-refractivity contribution in [3.05, 3.63) is 23.9 Å². The van der Waals surface area contributed by atoms with Crippen molar-refractivity contribution in [1.82, 2.24) is 4.57 Å². The van der Waals surface area contributed by atoms with E-state index in [1.54, 1.807) is 14.2 Å². The summed E-state index contributed by atoms with van der Waals surface area (Å²) >= 11 is 0. The van der Waals surface area contributed by atoms with Crippen molar-refractivity contribution < 1.29 is 9.47 Å². The zero-order valence-electron chi connectivity index (χ0n) is 11.2. The van der Waals surface area contributed by atoms with Crippen LogP contribution in [0.4, 0.5) is 0 Å². The van der Waals surface area contributed by atoms with Crippen molar-refractivity contribution in [2.45, 2.75) is 19.9 Å². The van der Waals surface area contributed by atoms with Gasteiger partial charge in [0.05, 0.1) is 19.7 Å². The molecule has 0 aliphatic carbocycles. The lowest BCUT2D eigenvalue weighted by atomic mass is 10.2. The molecule has 1 aromatic carbocycles. The van der Waals surface area contributed by atoms with Gasteiger partial charge < -0.3 is 19.8 Å². The fraction of sp³-hybridized carbons (Fsp3) is 0.429. The van der Waals surface area contributed by atoms with Gasteiger partial charge >= 0.3 is 0 Å². The molecule has 2 N–H and O–H groups in total. The zero-order valence-corrected chi connectivity index (χ0v) is 11.2. The molecule has 0 fully saturated rings. The van der Waals surface area contributed by atoms with E-state index in [1.807, 2.05) is 12.1 Å². The fourth-order valence-electron chi connectivity index (χ4n) is 2.33. The molecule has 4 heteroatoms. The molecule has 0 saturated carbocycles. The van der Waals surface area contributed by atoms with Gasteiger partial charge in [0.1, 0.15) is 11.5 Å². The van der Waals surface area contributed by atoms with Gasteiger partial charge in [0.15, 0.2) is 0 Å². The molecule has 0 aliphatic heterocycles. The lowest BCUT2D eigenvalue weighted by molar-refractivity contribution is 0.408. The first kappa shape index (κ1) is 12.8. The van der Waals surface area contributed by atoms with Gasteiger partial charge in [0.2, 0.25) is 0 Å². The number of fused-ring (bicyclic) bond motifs is 1. The Hall–Kier alpha value is -1.68. The Morgan fingerprint density at radius 3 is 2.44 bits per heavy atom. The summed E-state index contributed by atoms with van der Waals surface area (Å²) in [5.41, 5.74) is 7.88. The molecule has 0 saturated heterocycles. The van der Waals surface area contributed by atoms with Crippen LogP contribution in [0.1, 0.15) is 12.1 Å². The molecule has 1 aromatic heterocycles. The molecule has 98 valence electrons. The summed E-state index contributed by atoms with van der Waals surface area (Å²) in [6, 6.07) is 6.01. The van der Waals surface area contributed by atoms with Gasteiger partial charge in [-0.05, 0) is 38.1 Å². The molecule has 0 bridgehead atoms. The maximum absolute atomic E-state index is 5.60. The topological polar surface area (TPSA) is 49.4 Å². The minimum Gasteiger partial charge on any atom is -0.496 e. The predicted octanol–water partition coefficient (Wildman–Crippen LogP) is 2.32. The lowest BCUT2D eigenvalue weighted by Gasteiger charge is -2.11. The third-order valence-electron chi connectivity index (χ3n) is 3.21. The van der Waals surface area contributed by atoms with Crippen LogP contribution in [0.5, 0.6) is 11.5 Å². The lowest BCUT2D eigenvalue weighted by Crippen LogP contribution is -2.07. The van der Waals surface area contributed by atoms with Crippen LogP contribution in [0.3, 0.4) is 0 Å². The molecular weight excluding hydrogens is 228 g/mol. The molecule has 0 radical (unpaired) electrons. The van der Waals surface area contributed by atoms with Crippen molar-refractivity contribution in [2.24, 2.45) is 5.73 Å². The van der Waals surface area contributed by atoms with Crippen LogP contribution in [-0.4, -0.2) is 25.3 Å². The monoisotopic (exact) mass is 248 g/mol. The van der Waals surface area contributed by atoms with E-state index in [9.17, 15) is 0 Å². The average Bonchev–Trinajstić information content (AvgIpc) is 2.72. The van der Waals surface area contributed by atoms with Crippen LogP contribution in [0.2, 0.25) is 0 Å². The number of hydrogen-bond acceptors (Lipinski definition) is 3. The number of nitrogens with zero attached hydrogens (tertiary/aromatic N) is 1. The molecule has 0 unspecified atom stereocenters. The van der Waals surface area contributed by atoms with E-state index in [0.29, 0.717) is 6.54 Å². The van der Waals surface area contributed by atoms with E-state index in [4.69, 9.17) is 15.2 Å². The second-order valence-electron chi connectivity index (χ2n) is 4.31. The van der Waals surface area contributed by atoms with Gasteiger partial charge in [-0.15, -0.1) is 0 Å². The highest BCUT2D eigenvalue weighted by Crippen LogP contribution is 2.35. The van der Waals surface area contributed by atoms with Crippen molar-refractivity contribution >= 4 is 10.9 Å². The first-order chi connectivity index (χ1) is 8.72. The first-order valence-corrected chi connectivity index (χ1v) is 6.13. The zero-order chi connectivity index (χ0) is 13.1. The van der Waals surface area contributed by atoms with E-state index in [1.165, 1.54) is 5.69 Å². The Kier molecular flexibility index (Phi) is 3.77. The second-order valence-corrected chi connectivity index (χ2v) is 4.31. The van der Waals surface area contributed by atoms with Gasteiger partial charge in [-0.1, -0.05) is 0 Å². The van der Waals surface area contributed by atoms with Gasteiger partial charge in [0.25, 0.3) is 0 Å². The number of hydrogen-bond donors (Lipinski definition) is 1. The highest BCUT2D eigenvalue weighted by molar-refractivity contribution is 5.92. The quantitative estimate of drug-likeness (QED) is 0.883. The minimum atomic E-state index is 0.686. The molecule has 4 nitrogen and oxygen atoms in total. The van der Waals surface area contributed by atoms with Crippen LogP contribution in [0, 0.1) is 6.92 Å². The Labute approximate surface area is 107 Å². The molecule has 0 atom stereocenters. The first-order valence-electron chi connectivity index (χ1n) is 6.13. The molecule has 2 aromatic rings. The number of aromatic nitrogens is 1. The van der Waals surface area contributed by atoms with Crippen molar-refractivity contribution in [3.63, 3.8) is 0 Å². The van der Waals surface area contributed by atoms with Crippen LogP contribution in [0.25, 0.3) is 10.9 Å². The van der Waals surface area contributed by atoms with E-state index >= 15 is 0 Å².